The number of nitrogens with zero attached hydrogens (tertiary/aromatic N) is 1. The summed E-state index contributed by atoms with van der Waals surface area (Å²) < 4.78 is 0. The number of amides is 1. The molecule has 2 aromatic carbocycles. The molecule has 1 aliphatic rings. The van der Waals surface area contributed by atoms with Crippen LogP contribution in [0, 0.1) is 6.92 Å². The van der Waals surface area contributed by atoms with E-state index in [0.717, 1.165) is 5.69 Å². The Morgan fingerprint density at radius 1 is 1.06 bits per heavy atom. The van der Waals surface area contributed by atoms with Crippen LogP contribution in [-0.4, -0.2) is 5.91 Å². The SMILES string of the molecule is Cc1cccc2c1CC(=O)N2Cc1ccccc1. The monoisotopic (exact) mass is 237 g/mol. The maximum Gasteiger partial charge on any atom is 0.231 e. The molecule has 2 nitrogen and oxygen atoms in total. The third kappa shape index (κ3) is 1.80. The van der Waals surface area contributed by atoms with Crippen molar-refractivity contribution in [3.8, 4) is 0 Å². The molecule has 1 aliphatic heterocycles. The first-order valence-electron chi connectivity index (χ1n) is 6.18. The molecule has 0 aromatic heterocycles. The highest BCUT2D eigenvalue weighted by Gasteiger charge is 2.27. The maximum atomic E-state index is 12.1. The van der Waals surface area contributed by atoms with Gasteiger partial charge in [-0.15, -0.1) is 0 Å². The summed E-state index contributed by atoms with van der Waals surface area (Å²) in [6.07, 6.45) is 0.537. The van der Waals surface area contributed by atoms with Crippen molar-refractivity contribution >= 4 is 11.6 Å². The maximum absolute atomic E-state index is 12.1. The van der Waals surface area contributed by atoms with Crippen LogP contribution in [0.1, 0.15) is 16.7 Å². The van der Waals surface area contributed by atoms with Crippen LogP contribution in [-0.2, 0) is 17.8 Å². The van der Waals surface area contributed by atoms with Gasteiger partial charge in [0.1, 0.15) is 0 Å². The van der Waals surface area contributed by atoms with E-state index in [1.807, 2.05) is 35.2 Å². The molecule has 0 unspecified atom stereocenters. The smallest absolute Gasteiger partial charge is 0.231 e. The standard InChI is InChI=1S/C16H15NO/c1-12-6-5-9-15-14(12)10-16(18)17(15)11-13-7-3-2-4-8-13/h2-9H,10-11H2,1H3. The van der Waals surface area contributed by atoms with E-state index in [1.165, 1.54) is 16.7 Å². The summed E-state index contributed by atoms with van der Waals surface area (Å²) in [4.78, 5) is 14.0. The molecular formula is C16H15NO. The molecule has 2 aromatic rings. The average Bonchev–Trinajstić information content (AvgIpc) is 2.70. The van der Waals surface area contributed by atoms with Gasteiger partial charge < -0.3 is 4.90 Å². The van der Waals surface area contributed by atoms with Gasteiger partial charge in [0.05, 0.1) is 13.0 Å². The predicted octanol–water partition coefficient (Wildman–Crippen LogP) is 3.08. The summed E-state index contributed by atoms with van der Waals surface area (Å²) in [5.41, 5.74) is 4.62. The summed E-state index contributed by atoms with van der Waals surface area (Å²) in [6, 6.07) is 16.2. The zero-order valence-electron chi connectivity index (χ0n) is 10.4. The number of aryl methyl sites for hydroxylation is 1. The lowest BCUT2D eigenvalue weighted by atomic mass is 10.1. The highest BCUT2D eigenvalue weighted by molar-refractivity contribution is 6.01. The van der Waals surface area contributed by atoms with Crippen LogP contribution in [0.5, 0.6) is 0 Å². The van der Waals surface area contributed by atoms with E-state index < -0.39 is 0 Å². The molecule has 1 heterocycles. The van der Waals surface area contributed by atoms with Gasteiger partial charge in [-0.1, -0.05) is 42.5 Å². The fourth-order valence-electron chi connectivity index (χ4n) is 2.49. The Hall–Kier alpha value is -2.09. The van der Waals surface area contributed by atoms with Crippen LogP contribution in [0.15, 0.2) is 48.5 Å². The van der Waals surface area contributed by atoms with Crippen molar-refractivity contribution in [3.63, 3.8) is 0 Å². The van der Waals surface area contributed by atoms with Crippen molar-refractivity contribution in [1.29, 1.82) is 0 Å². The highest BCUT2D eigenvalue weighted by Crippen LogP contribution is 2.32. The minimum atomic E-state index is 0.197. The molecule has 0 saturated carbocycles. The predicted molar refractivity (Wildman–Crippen MR) is 72.5 cm³/mol. The van der Waals surface area contributed by atoms with E-state index in [4.69, 9.17) is 0 Å². The van der Waals surface area contributed by atoms with Crippen molar-refractivity contribution in [2.45, 2.75) is 19.9 Å². The lowest BCUT2D eigenvalue weighted by Crippen LogP contribution is -2.25. The van der Waals surface area contributed by atoms with Crippen LogP contribution in [0.25, 0.3) is 0 Å². The Balaban J connectivity index is 1.95. The molecule has 0 spiro atoms. The highest BCUT2D eigenvalue weighted by atomic mass is 16.2. The molecular weight excluding hydrogens is 222 g/mol. The Morgan fingerprint density at radius 3 is 2.61 bits per heavy atom. The number of carbonyl (C=O) groups excluding carboxylic acids is 1. The second-order valence-electron chi connectivity index (χ2n) is 4.71. The zero-order chi connectivity index (χ0) is 12.5. The van der Waals surface area contributed by atoms with Gasteiger partial charge in [0, 0.05) is 5.69 Å². The molecule has 0 fully saturated rings. The second kappa shape index (κ2) is 4.30. The fourth-order valence-corrected chi connectivity index (χ4v) is 2.49. The molecule has 18 heavy (non-hydrogen) atoms. The topological polar surface area (TPSA) is 20.3 Å². The molecule has 0 N–H and O–H groups in total. The molecule has 90 valence electrons. The fraction of sp³-hybridized carbons (Fsp3) is 0.188. The van der Waals surface area contributed by atoms with Crippen LogP contribution in [0.4, 0.5) is 5.69 Å². The molecule has 0 aliphatic carbocycles. The third-order valence-electron chi connectivity index (χ3n) is 3.49. The van der Waals surface area contributed by atoms with Crippen LogP contribution < -0.4 is 4.90 Å². The molecule has 0 saturated heterocycles. The van der Waals surface area contributed by atoms with Gasteiger partial charge in [-0.2, -0.15) is 0 Å². The van der Waals surface area contributed by atoms with Crippen molar-refractivity contribution in [1.82, 2.24) is 0 Å². The molecule has 0 bridgehead atoms. The first-order chi connectivity index (χ1) is 8.75. The number of hydrogen-bond donors (Lipinski definition) is 0. The van der Waals surface area contributed by atoms with E-state index >= 15 is 0 Å². The number of carbonyl (C=O) groups is 1. The third-order valence-corrected chi connectivity index (χ3v) is 3.49. The number of fused-ring (bicyclic) bond motifs is 1. The zero-order valence-corrected chi connectivity index (χ0v) is 10.4. The molecule has 3 rings (SSSR count). The Labute approximate surface area is 107 Å². The number of hydrogen-bond acceptors (Lipinski definition) is 1. The van der Waals surface area contributed by atoms with Gasteiger partial charge in [-0.25, -0.2) is 0 Å². The lowest BCUT2D eigenvalue weighted by Gasteiger charge is -2.17. The molecule has 1 amide bonds. The molecule has 0 atom stereocenters. The van der Waals surface area contributed by atoms with Crippen molar-refractivity contribution in [2.24, 2.45) is 0 Å². The first kappa shape index (κ1) is 11.0. The summed E-state index contributed by atoms with van der Waals surface area (Å²) in [7, 11) is 0. The minimum Gasteiger partial charge on any atom is -0.307 e. The summed E-state index contributed by atoms with van der Waals surface area (Å²) in [5, 5.41) is 0. The average molecular weight is 237 g/mol. The largest absolute Gasteiger partial charge is 0.307 e. The van der Waals surface area contributed by atoms with Crippen molar-refractivity contribution in [3.05, 3.63) is 65.2 Å². The number of benzene rings is 2. The minimum absolute atomic E-state index is 0.197. The Bertz CT molecular complexity index is 589. The van der Waals surface area contributed by atoms with E-state index in [2.05, 4.69) is 25.1 Å². The first-order valence-corrected chi connectivity index (χ1v) is 6.18. The van der Waals surface area contributed by atoms with Crippen molar-refractivity contribution in [2.75, 3.05) is 4.90 Å². The van der Waals surface area contributed by atoms with E-state index in [0.29, 0.717) is 13.0 Å². The summed E-state index contributed by atoms with van der Waals surface area (Å²) >= 11 is 0. The van der Waals surface area contributed by atoms with Crippen LogP contribution >= 0.6 is 0 Å². The van der Waals surface area contributed by atoms with Gasteiger partial charge in [0.15, 0.2) is 0 Å². The molecule has 2 heteroatoms. The van der Waals surface area contributed by atoms with E-state index in [9.17, 15) is 4.79 Å². The number of anilines is 1. The Morgan fingerprint density at radius 2 is 1.83 bits per heavy atom. The van der Waals surface area contributed by atoms with Gasteiger partial charge in [-0.3, -0.25) is 4.79 Å². The Kier molecular flexibility index (Phi) is 2.63. The van der Waals surface area contributed by atoms with Crippen LogP contribution in [0.3, 0.4) is 0 Å². The van der Waals surface area contributed by atoms with E-state index in [-0.39, 0.29) is 5.91 Å². The van der Waals surface area contributed by atoms with Crippen LogP contribution in [0.2, 0.25) is 0 Å². The summed E-state index contributed by atoms with van der Waals surface area (Å²) in [6.45, 7) is 2.73. The van der Waals surface area contributed by atoms with E-state index in [1.54, 1.807) is 0 Å². The van der Waals surface area contributed by atoms with Gasteiger partial charge >= 0.3 is 0 Å². The quantitative estimate of drug-likeness (QED) is 0.786. The second-order valence-corrected chi connectivity index (χ2v) is 4.71. The number of rotatable bonds is 2. The normalized spacial score (nSPS) is 13.8. The summed E-state index contributed by atoms with van der Waals surface area (Å²) in [5.74, 6) is 0.197. The van der Waals surface area contributed by atoms with Crippen molar-refractivity contribution < 1.29 is 4.79 Å². The van der Waals surface area contributed by atoms with Gasteiger partial charge in [-0.05, 0) is 29.7 Å². The van der Waals surface area contributed by atoms with Gasteiger partial charge in [0.25, 0.3) is 0 Å². The molecule has 0 radical (unpaired) electrons. The van der Waals surface area contributed by atoms with Gasteiger partial charge in [0.2, 0.25) is 5.91 Å². The lowest BCUT2D eigenvalue weighted by molar-refractivity contribution is -0.117.